The molecule has 1 rings (SSSR count). The molecule has 29 heavy (non-hydrogen) atoms. The molecule has 1 saturated carbocycles. The smallest absolute Gasteiger partial charge is 0.308 e. The van der Waals surface area contributed by atoms with E-state index in [2.05, 4.69) is 20.8 Å². The minimum atomic E-state index is -0.130. The normalized spacial score (nSPS) is 19.3. The summed E-state index contributed by atoms with van der Waals surface area (Å²) in [7, 11) is 0. The number of carbonyl (C=O) groups excluding carboxylic acids is 2. The van der Waals surface area contributed by atoms with Crippen molar-refractivity contribution in [3.8, 4) is 0 Å². The lowest BCUT2D eigenvalue weighted by Crippen LogP contribution is -2.30. The first kappa shape index (κ1) is 26.0. The molecule has 0 aliphatic heterocycles. The quantitative estimate of drug-likeness (QED) is 0.206. The first-order valence-electron chi connectivity index (χ1n) is 12.4. The predicted molar refractivity (Wildman–Crippen MR) is 119 cm³/mol. The SMILES string of the molecule is CCCCCCCCCCOC(=O)C1CCCC(C(=O)OCCCCC(C)C)C1. The zero-order valence-electron chi connectivity index (χ0n) is 19.4. The first-order chi connectivity index (χ1) is 14.0. The molecule has 0 aromatic heterocycles. The Hall–Kier alpha value is -1.06. The van der Waals surface area contributed by atoms with Crippen molar-refractivity contribution in [2.75, 3.05) is 13.2 Å². The van der Waals surface area contributed by atoms with Crippen molar-refractivity contribution >= 4 is 11.9 Å². The molecule has 1 aliphatic rings. The molecule has 4 heteroatoms. The van der Waals surface area contributed by atoms with Gasteiger partial charge in [-0.2, -0.15) is 0 Å². The maximum absolute atomic E-state index is 12.4. The van der Waals surface area contributed by atoms with Gasteiger partial charge < -0.3 is 9.47 Å². The van der Waals surface area contributed by atoms with Gasteiger partial charge in [0.05, 0.1) is 25.0 Å². The van der Waals surface area contributed by atoms with E-state index >= 15 is 0 Å². The van der Waals surface area contributed by atoms with Gasteiger partial charge in [-0.1, -0.05) is 78.6 Å². The van der Waals surface area contributed by atoms with Gasteiger partial charge in [-0.25, -0.2) is 0 Å². The van der Waals surface area contributed by atoms with Crippen molar-refractivity contribution in [1.82, 2.24) is 0 Å². The van der Waals surface area contributed by atoms with Crippen LogP contribution in [-0.2, 0) is 19.1 Å². The molecule has 2 atom stereocenters. The number of rotatable bonds is 16. The van der Waals surface area contributed by atoms with Gasteiger partial charge in [0, 0.05) is 0 Å². The fourth-order valence-corrected chi connectivity index (χ4v) is 4.09. The highest BCUT2D eigenvalue weighted by molar-refractivity contribution is 5.76. The largest absolute Gasteiger partial charge is 0.465 e. The first-order valence-corrected chi connectivity index (χ1v) is 12.4. The Balaban J connectivity index is 2.11. The van der Waals surface area contributed by atoms with Gasteiger partial charge in [0.25, 0.3) is 0 Å². The van der Waals surface area contributed by atoms with Gasteiger partial charge in [0.1, 0.15) is 0 Å². The van der Waals surface area contributed by atoms with Crippen LogP contribution in [0.3, 0.4) is 0 Å². The third-order valence-electron chi connectivity index (χ3n) is 6.00. The number of hydrogen-bond donors (Lipinski definition) is 0. The maximum atomic E-state index is 12.4. The molecule has 0 spiro atoms. The molecule has 0 aromatic rings. The van der Waals surface area contributed by atoms with E-state index in [1.54, 1.807) is 0 Å². The lowest BCUT2D eigenvalue weighted by Gasteiger charge is -2.26. The van der Waals surface area contributed by atoms with Crippen molar-refractivity contribution in [2.24, 2.45) is 17.8 Å². The Morgan fingerprint density at radius 1 is 0.759 bits per heavy atom. The van der Waals surface area contributed by atoms with E-state index < -0.39 is 0 Å². The summed E-state index contributed by atoms with van der Waals surface area (Å²) in [6.07, 6.45) is 16.3. The van der Waals surface area contributed by atoms with E-state index in [1.807, 2.05) is 0 Å². The third kappa shape index (κ3) is 13.0. The Labute approximate surface area is 179 Å². The van der Waals surface area contributed by atoms with E-state index in [0.717, 1.165) is 44.9 Å². The second kappa shape index (κ2) is 16.7. The Morgan fingerprint density at radius 2 is 1.24 bits per heavy atom. The summed E-state index contributed by atoms with van der Waals surface area (Å²) in [6, 6.07) is 0. The van der Waals surface area contributed by atoms with Gasteiger partial charge in [-0.05, 0) is 44.4 Å². The van der Waals surface area contributed by atoms with Gasteiger partial charge >= 0.3 is 11.9 Å². The van der Waals surface area contributed by atoms with Crippen molar-refractivity contribution in [3.63, 3.8) is 0 Å². The molecule has 4 nitrogen and oxygen atoms in total. The third-order valence-corrected chi connectivity index (χ3v) is 6.00. The van der Waals surface area contributed by atoms with Gasteiger partial charge in [0.2, 0.25) is 0 Å². The molecule has 0 radical (unpaired) electrons. The second-order valence-corrected chi connectivity index (χ2v) is 9.26. The molecule has 0 bridgehead atoms. The number of unbranched alkanes of at least 4 members (excludes halogenated alkanes) is 8. The van der Waals surface area contributed by atoms with Crippen LogP contribution in [0, 0.1) is 17.8 Å². The topological polar surface area (TPSA) is 52.6 Å². The maximum Gasteiger partial charge on any atom is 0.308 e. The Kier molecular flexibility index (Phi) is 15.0. The molecule has 1 aliphatic carbocycles. The fourth-order valence-electron chi connectivity index (χ4n) is 4.09. The second-order valence-electron chi connectivity index (χ2n) is 9.26. The van der Waals surface area contributed by atoms with Crippen LogP contribution in [0.5, 0.6) is 0 Å². The summed E-state index contributed by atoms with van der Waals surface area (Å²) in [5.74, 6) is 0.213. The lowest BCUT2D eigenvalue weighted by atomic mass is 9.81. The van der Waals surface area contributed by atoms with Crippen LogP contribution in [0.1, 0.15) is 117 Å². The summed E-state index contributed by atoms with van der Waals surface area (Å²) < 4.78 is 11.0. The average molecular weight is 411 g/mol. The van der Waals surface area contributed by atoms with Gasteiger partial charge in [-0.15, -0.1) is 0 Å². The van der Waals surface area contributed by atoms with Crippen LogP contribution < -0.4 is 0 Å². The van der Waals surface area contributed by atoms with Crippen molar-refractivity contribution in [2.45, 2.75) is 117 Å². The van der Waals surface area contributed by atoms with Crippen molar-refractivity contribution < 1.29 is 19.1 Å². The Morgan fingerprint density at radius 3 is 1.76 bits per heavy atom. The number of hydrogen-bond acceptors (Lipinski definition) is 4. The standard InChI is InChI=1S/C25H46O4/c1-4-5-6-7-8-9-10-12-18-28-24(26)22-16-14-17-23(20-22)25(27)29-19-13-11-15-21(2)3/h21-23H,4-20H2,1-3H3. The molecule has 0 aromatic carbocycles. The molecule has 0 N–H and O–H groups in total. The van der Waals surface area contributed by atoms with Gasteiger partial charge in [-0.3, -0.25) is 9.59 Å². The van der Waals surface area contributed by atoms with Crippen molar-refractivity contribution in [3.05, 3.63) is 0 Å². The van der Waals surface area contributed by atoms with Crippen LogP contribution in [-0.4, -0.2) is 25.2 Å². The molecule has 0 saturated heterocycles. The van der Waals surface area contributed by atoms with E-state index in [1.165, 1.54) is 44.9 Å². The van der Waals surface area contributed by atoms with Crippen LogP contribution in [0.25, 0.3) is 0 Å². The lowest BCUT2D eigenvalue weighted by molar-refractivity contribution is -0.155. The Bertz CT molecular complexity index is 433. The fraction of sp³-hybridized carbons (Fsp3) is 0.920. The monoisotopic (exact) mass is 410 g/mol. The summed E-state index contributed by atoms with van der Waals surface area (Å²) in [6.45, 7) is 7.69. The number of carbonyl (C=O) groups is 2. The number of ether oxygens (including phenoxy) is 2. The van der Waals surface area contributed by atoms with E-state index in [9.17, 15) is 9.59 Å². The van der Waals surface area contributed by atoms with Crippen LogP contribution in [0.4, 0.5) is 0 Å². The molecule has 0 heterocycles. The zero-order chi connectivity index (χ0) is 21.3. The predicted octanol–water partition coefficient (Wildman–Crippen LogP) is 6.85. The van der Waals surface area contributed by atoms with E-state index in [-0.39, 0.29) is 23.8 Å². The van der Waals surface area contributed by atoms with Crippen LogP contribution in [0.2, 0.25) is 0 Å². The number of esters is 2. The highest BCUT2D eigenvalue weighted by Gasteiger charge is 2.32. The van der Waals surface area contributed by atoms with Crippen LogP contribution in [0.15, 0.2) is 0 Å². The molecule has 0 amide bonds. The summed E-state index contributed by atoms with van der Waals surface area (Å²) >= 11 is 0. The molecule has 170 valence electrons. The molecular formula is C25H46O4. The highest BCUT2D eigenvalue weighted by Crippen LogP contribution is 2.31. The summed E-state index contributed by atoms with van der Waals surface area (Å²) in [5.41, 5.74) is 0. The zero-order valence-corrected chi connectivity index (χ0v) is 19.4. The van der Waals surface area contributed by atoms with E-state index in [0.29, 0.717) is 25.6 Å². The van der Waals surface area contributed by atoms with Crippen molar-refractivity contribution in [1.29, 1.82) is 0 Å². The van der Waals surface area contributed by atoms with Crippen LogP contribution >= 0.6 is 0 Å². The molecule has 2 unspecified atom stereocenters. The van der Waals surface area contributed by atoms with E-state index in [4.69, 9.17) is 9.47 Å². The molecular weight excluding hydrogens is 364 g/mol. The van der Waals surface area contributed by atoms with Gasteiger partial charge in [0.15, 0.2) is 0 Å². The summed E-state index contributed by atoms with van der Waals surface area (Å²) in [5, 5.41) is 0. The molecule has 1 fully saturated rings. The highest BCUT2D eigenvalue weighted by atomic mass is 16.5. The minimum absolute atomic E-state index is 0.109. The minimum Gasteiger partial charge on any atom is -0.465 e. The summed E-state index contributed by atoms with van der Waals surface area (Å²) in [4.78, 5) is 24.7. The average Bonchev–Trinajstić information content (AvgIpc) is 2.72.